The van der Waals surface area contributed by atoms with Crippen LogP contribution < -0.4 is 20.8 Å². The van der Waals surface area contributed by atoms with Crippen LogP contribution in [0.2, 0.25) is 0 Å². The lowest BCUT2D eigenvalue weighted by atomic mass is 10.0. The van der Waals surface area contributed by atoms with Crippen molar-refractivity contribution in [2.75, 3.05) is 18.9 Å². The second-order valence-electron chi connectivity index (χ2n) is 9.88. The Labute approximate surface area is 259 Å². The molecule has 0 saturated heterocycles. The van der Waals surface area contributed by atoms with Crippen molar-refractivity contribution in [3.63, 3.8) is 0 Å². The zero-order chi connectivity index (χ0) is 31.8. The lowest BCUT2D eigenvalue weighted by Gasteiger charge is -2.11. The minimum absolute atomic E-state index is 0.0369. The Morgan fingerprint density at radius 2 is 1.42 bits per heavy atom. The molecule has 5 rings (SSSR count). The molecule has 0 bridgehead atoms. The van der Waals surface area contributed by atoms with E-state index in [-0.39, 0.29) is 23.0 Å². The van der Waals surface area contributed by atoms with E-state index in [2.05, 4.69) is 25.6 Å². The van der Waals surface area contributed by atoms with Gasteiger partial charge in [-0.2, -0.15) is 5.11 Å². The maximum absolute atomic E-state index is 13.0. The van der Waals surface area contributed by atoms with Crippen LogP contribution in [-0.2, 0) is 12.8 Å². The van der Waals surface area contributed by atoms with Crippen LogP contribution in [0.3, 0.4) is 0 Å². The van der Waals surface area contributed by atoms with Crippen LogP contribution in [0, 0.1) is 0 Å². The number of para-hydroxylation sites is 1. The first kappa shape index (κ1) is 30.5. The Hall–Kier alpha value is -5.91. The van der Waals surface area contributed by atoms with Gasteiger partial charge in [0.05, 0.1) is 24.6 Å². The predicted octanol–water partition coefficient (Wildman–Crippen LogP) is 7.57. The molecule has 1 heterocycles. The van der Waals surface area contributed by atoms with Gasteiger partial charge in [-0.15, -0.1) is 15.3 Å². The van der Waals surface area contributed by atoms with Crippen molar-refractivity contribution in [3.05, 3.63) is 106 Å². The molecule has 0 fully saturated rings. The number of aromatic nitrogens is 2. The number of hydrogen-bond acceptors (Lipinski definition) is 10. The summed E-state index contributed by atoms with van der Waals surface area (Å²) in [6.45, 7) is 4.40. The van der Waals surface area contributed by atoms with Crippen molar-refractivity contribution >= 4 is 28.6 Å². The predicted molar refractivity (Wildman–Crippen MR) is 172 cm³/mol. The largest absolute Gasteiger partial charge is 0.508 e. The molecule has 45 heavy (non-hydrogen) atoms. The maximum Gasteiger partial charge on any atom is 0.301 e. The summed E-state index contributed by atoms with van der Waals surface area (Å²) >= 11 is 0. The summed E-state index contributed by atoms with van der Waals surface area (Å²) in [6.07, 6.45) is 1.24. The third kappa shape index (κ3) is 7.36. The quantitative estimate of drug-likeness (QED) is 0.0841. The van der Waals surface area contributed by atoms with Gasteiger partial charge in [0, 0.05) is 12.1 Å². The number of aromatic amines is 1. The minimum Gasteiger partial charge on any atom is -0.508 e. The summed E-state index contributed by atoms with van der Waals surface area (Å²) in [4.78, 5) is 13.0. The van der Waals surface area contributed by atoms with Crippen LogP contribution >= 0.6 is 0 Å². The maximum atomic E-state index is 13.0. The normalized spacial score (nSPS) is 11.4. The first-order valence-corrected chi connectivity index (χ1v) is 14.4. The molecule has 0 unspecified atom stereocenters. The first-order valence-electron chi connectivity index (χ1n) is 14.4. The SMILES string of the molecule is CCOc1cc(N=Nc2c(N)[nH]n(-c3ccccc3)c2=O)c(OCC)cc1N=Nc1ccc(CCc2cc(O)ccc2O)cc1. The lowest BCUT2D eigenvalue weighted by molar-refractivity contribution is 0.332. The zero-order valence-electron chi connectivity index (χ0n) is 24.8. The highest BCUT2D eigenvalue weighted by atomic mass is 16.5. The fourth-order valence-corrected chi connectivity index (χ4v) is 4.53. The van der Waals surface area contributed by atoms with Gasteiger partial charge in [-0.05, 0) is 80.3 Å². The van der Waals surface area contributed by atoms with E-state index in [1.807, 2.05) is 56.3 Å². The highest BCUT2D eigenvalue weighted by Gasteiger charge is 2.16. The smallest absolute Gasteiger partial charge is 0.301 e. The molecular weight excluding hydrogens is 574 g/mol. The number of nitrogen functional groups attached to an aromatic ring is 1. The number of phenols is 2. The van der Waals surface area contributed by atoms with E-state index in [1.165, 1.54) is 16.8 Å². The van der Waals surface area contributed by atoms with Crippen molar-refractivity contribution in [1.29, 1.82) is 0 Å². The number of aryl methyl sites for hydroxylation is 2. The molecule has 5 aromatic rings. The molecule has 0 aliphatic carbocycles. The van der Waals surface area contributed by atoms with E-state index in [0.29, 0.717) is 65.9 Å². The van der Waals surface area contributed by atoms with Gasteiger partial charge in [-0.25, -0.2) is 4.68 Å². The highest BCUT2D eigenvalue weighted by Crippen LogP contribution is 2.41. The summed E-state index contributed by atoms with van der Waals surface area (Å²) in [5, 5.41) is 39.8. The summed E-state index contributed by atoms with van der Waals surface area (Å²) in [5.74, 6) is 1.13. The van der Waals surface area contributed by atoms with E-state index in [0.717, 1.165) is 5.56 Å². The third-order valence-electron chi connectivity index (χ3n) is 6.76. The first-order chi connectivity index (χ1) is 21.9. The van der Waals surface area contributed by atoms with Crippen molar-refractivity contribution in [3.8, 4) is 28.7 Å². The molecule has 0 spiro atoms. The number of phenolic OH excluding ortho intramolecular Hbond substituents is 2. The van der Waals surface area contributed by atoms with Gasteiger partial charge < -0.3 is 25.4 Å². The Balaban J connectivity index is 1.37. The number of nitrogens with zero attached hydrogens (tertiary/aromatic N) is 5. The molecule has 0 aliphatic heterocycles. The molecule has 4 aromatic carbocycles. The average Bonchev–Trinajstić information content (AvgIpc) is 3.34. The molecule has 0 aliphatic rings. The summed E-state index contributed by atoms with van der Waals surface area (Å²) in [6, 6.07) is 24.4. The summed E-state index contributed by atoms with van der Waals surface area (Å²) in [5.41, 5.74) is 9.30. The molecule has 0 radical (unpaired) electrons. The fourth-order valence-electron chi connectivity index (χ4n) is 4.53. The van der Waals surface area contributed by atoms with E-state index < -0.39 is 5.56 Å². The number of hydrogen-bond donors (Lipinski definition) is 4. The van der Waals surface area contributed by atoms with E-state index in [9.17, 15) is 15.0 Å². The highest BCUT2D eigenvalue weighted by molar-refractivity contribution is 5.67. The number of H-pyrrole nitrogens is 1. The third-order valence-corrected chi connectivity index (χ3v) is 6.76. The van der Waals surface area contributed by atoms with Crippen molar-refractivity contribution in [2.24, 2.45) is 20.5 Å². The van der Waals surface area contributed by atoms with Gasteiger partial charge in [-0.3, -0.25) is 9.89 Å². The van der Waals surface area contributed by atoms with E-state index >= 15 is 0 Å². The van der Waals surface area contributed by atoms with Crippen LogP contribution in [0.15, 0.2) is 110 Å². The Bertz CT molecular complexity index is 1880. The number of rotatable bonds is 12. The van der Waals surface area contributed by atoms with Gasteiger partial charge in [0.1, 0.15) is 40.2 Å². The summed E-state index contributed by atoms with van der Waals surface area (Å²) in [7, 11) is 0. The number of nitrogens with two attached hydrogens (primary N) is 1. The molecule has 12 nitrogen and oxygen atoms in total. The lowest BCUT2D eigenvalue weighted by Crippen LogP contribution is -2.13. The summed E-state index contributed by atoms with van der Waals surface area (Å²) < 4.78 is 12.9. The number of anilines is 1. The van der Waals surface area contributed by atoms with Crippen molar-refractivity contribution < 1.29 is 19.7 Å². The molecular formula is C33H33N7O5. The zero-order valence-corrected chi connectivity index (χ0v) is 24.8. The van der Waals surface area contributed by atoms with Crippen LogP contribution in [0.5, 0.6) is 23.0 Å². The number of benzene rings is 4. The Morgan fingerprint density at radius 1 is 0.778 bits per heavy atom. The van der Waals surface area contributed by atoms with E-state index in [1.54, 1.807) is 30.3 Å². The van der Waals surface area contributed by atoms with Crippen LogP contribution in [-0.4, -0.2) is 33.2 Å². The standard InChI is InChI=1S/C33H33N7O5/c1-3-44-29-20-27(37-38-31-32(34)39-40(33(31)43)24-8-6-5-7-9-24)30(45-4-2)19-26(29)36-35-23-14-11-21(12-15-23)10-13-22-18-25(41)16-17-28(22)42/h5-9,11-12,14-20,39,41-42H,3-4,10,13,34H2,1-2H3. The van der Waals surface area contributed by atoms with Crippen LogP contribution in [0.1, 0.15) is 25.0 Å². The fraction of sp³-hybridized carbons (Fsp3) is 0.182. The van der Waals surface area contributed by atoms with Crippen LogP contribution in [0.4, 0.5) is 28.6 Å². The molecule has 0 atom stereocenters. The second kappa shape index (κ2) is 14.0. The Kier molecular flexibility index (Phi) is 9.53. The number of nitrogens with one attached hydrogen (secondary N) is 1. The molecule has 12 heteroatoms. The molecule has 1 aromatic heterocycles. The van der Waals surface area contributed by atoms with Crippen LogP contribution in [0.25, 0.3) is 5.69 Å². The molecule has 0 saturated carbocycles. The monoisotopic (exact) mass is 607 g/mol. The van der Waals surface area contributed by atoms with Gasteiger partial charge >= 0.3 is 5.56 Å². The van der Waals surface area contributed by atoms with Crippen molar-refractivity contribution in [1.82, 2.24) is 9.78 Å². The van der Waals surface area contributed by atoms with Gasteiger partial charge in [0.25, 0.3) is 0 Å². The van der Waals surface area contributed by atoms with E-state index in [4.69, 9.17) is 15.2 Å². The van der Waals surface area contributed by atoms with Crippen molar-refractivity contribution in [2.45, 2.75) is 26.7 Å². The van der Waals surface area contributed by atoms with Gasteiger partial charge in [-0.1, -0.05) is 30.3 Å². The Morgan fingerprint density at radius 3 is 2.07 bits per heavy atom. The topological polar surface area (TPSA) is 172 Å². The average molecular weight is 608 g/mol. The molecule has 5 N–H and O–H groups in total. The van der Waals surface area contributed by atoms with Gasteiger partial charge in [0.15, 0.2) is 5.69 Å². The number of azo groups is 2. The minimum atomic E-state index is -0.445. The molecule has 0 amide bonds. The number of aromatic hydroxyl groups is 2. The molecule has 230 valence electrons. The second-order valence-corrected chi connectivity index (χ2v) is 9.88. The number of ether oxygens (including phenoxy) is 2. The van der Waals surface area contributed by atoms with Gasteiger partial charge in [0.2, 0.25) is 0 Å².